The lowest BCUT2D eigenvalue weighted by Crippen LogP contribution is -2.40. The Bertz CT molecular complexity index is 860. The molecule has 0 bridgehead atoms. The number of H-pyrrole nitrogens is 1. The fourth-order valence-electron chi connectivity index (χ4n) is 3.14. The largest absolute Gasteiger partial charge is 0.337 e. The summed E-state index contributed by atoms with van der Waals surface area (Å²) in [6.45, 7) is 2.65. The third-order valence-corrected chi connectivity index (χ3v) is 5.65. The van der Waals surface area contributed by atoms with E-state index in [2.05, 4.69) is 50.9 Å². The molecule has 1 aliphatic carbocycles. The van der Waals surface area contributed by atoms with E-state index in [1.54, 1.807) is 0 Å². The van der Waals surface area contributed by atoms with Crippen molar-refractivity contribution in [3.63, 3.8) is 0 Å². The molecular formula is C21H27N5O2S. The molecule has 0 aliphatic heterocycles. The van der Waals surface area contributed by atoms with Crippen LogP contribution in [0.1, 0.15) is 44.6 Å². The molecular weight excluding hydrogens is 386 g/mol. The predicted octanol–water partition coefficient (Wildman–Crippen LogP) is 3.84. The fraction of sp³-hybridized carbons (Fsp3) is 0.429. The average molecular weight is 414 g/mol. The summed E-state index contributed by atoms with van der Waals surface area (Å²) in [4.78, 5) is 28.2. The van der Waals surface area contributed by atoms with E-state index in [1.807, 2.05) is 12.1 Å². The minimum absolute atomic E-state index is 0.0740. The summed E-state index contributed by atoms with van der Waals surface area (Å²) in [6, 6.07) is 7.64. The molecule has 1 aromatic heterocycles. The second kappa shape index (κ2) is 10.8. The highest BCUT2D eigenvalue weighted by Crippen LogP contribution is 2.20. The fourth-order valence-corrected chi connectivity index (χ4v) is 3.74. The lowest BCUT2D eigenvalue weighted by molar-refractivity contribution is -0.117. The van der Waals surface area contributed by atoms with Gasteiger partial charge in [-0.15, -0.1) is 5.10 Å². The highest BCUT2D eigenvalue weighted by atomic mass is 32.2. The van der Waals surface area contributed by atoms with Crippen molar-refractivity contribution in [2.45, 2.75) is 50.6 Å². The van der Waals surface area contributed by atoms with E-state index in [0.717, 1.165) is 31.2 Å². The van der Waals surface area contributed by atoms with Gasteiger partial charge in [-0.05, 0) is 44.1 Å². The second-order valence-electron chi connectivity index (χ2n) is 6.97. The Morgan fingerprint density at radius 3 is 2.76 bits per heavy atom. The first-order valence-corrected chi connectivity index (χ1v) is 11.0. The lowest BCUT2D eigenvalue weighted by atomic mass is 9.97. The first kappa shape index (κ1) is 21.1. The maximum absolute atomic E-state index is 12.0. The van der Waals surface area contributed by atoms with Crippen LogP contribution in [0.5, 0.6) is 0 Å². The van der Waals surface area contributed by atoms with E-state index in [0.29, 0.717) is 17.5 Å². The maximum atomic E-state index is 12.0. The predicted molar refractivity (Wildman–Crippen MR) is 115 cm³/mol. The van der Waals surface area contributed by atoms with Gasteiger partial charge < -0.3 is 5.32 Å². The first-order chi connectivity index (χ1) is 14.1. The van der Waals surface area contributed by atoms with Gasteiger partial charge in [0.05, 0.1) is 5.75 Å². The Morgan fingerprint density at radius 2 is 2.03 bits per heavy atom. The van der Waals surface area contributed by atoms with Gasteiger partial charge in [-0.1, -0.05) is 54.6 Å². The highest BCUT2D eigenvalue weighted by molar-refractivity contribution is 7.99. The van der Waals surface area contributed by atoms with Crippen LogP contribution in [0.3, 0.4) is 0 Å². The van der Waals surface area contributed by atoms with Gasteiger partial charge in [0, 0.05) is 12.1 Å². The van der Waals surface area contributed by atoms with E-state index < -0.39 is 6.03 Å². The number of benzene rings is 1. The van der Waals surface area contributed by atoms with Crippen LogP contribution >= 0.6 is 11.8 Å². The molecule has 0 saturated heterocycles. The van der Waals surface area contributed by atoms with Crippen molar-refractivity contribution in [2.24, 2.45) is 0 Å². The molecule has 7 nitrogen and oxygen atoms in total. The molecule has 3 N–H and O–H groups in total. The van der Waals surface area contributed by atoms with Crippen molar-refractivity contribution in [3.05, 3.63) is 41.5 Å². The van der Waals surface area contributed by atoms with Gasteiger partial charge in [-0.25, -0.2) is 9.78 Å². The highest BCUT2D eigenvalue weighted by Gasteiger charge is 2.12. The summed E-state index contributed by atoms with van der Waals surface area (Å²) in [5.41, 5.74) is 3.59. The Balaban J connectivity index is 1.38. The Kier molecular flexibility index (Phi) is 7.86. The Hall–Kier alpha value is -2.61. The molecule has 8 heteroatoms. The van der Waals surface area contributed by atoms with Gasteiger partial charge in [0.2, 0.25) is 11.1 Å². The normalized spacial score (nSPS) is 13.6. The zero-order valence-corrected chi connectivity index (χ0v) is 17.5. The van der Waals surface area contributed by atoms with Crippen LogP contribution in [-0.2, 0) is 11.2 Å². The molecule has 1 aliphatic rings. The molecule has 0 unspecified atom stereocenters. The minimum Gasteiger partial charge on any atom is -0.337 e. The zero-order valence-electron chi connectivity index (χ0n) is 16.7. The molecule has 1 aromatic carbocycles. The average Bonchev–Trinajstić information content (AvgIpc) is 3.22. The number of aryl methyl sites for hydroxylation is 1. The molecule has 0 radical (unpaired) electrons. The molecule has 1 heterocycles. The Morgan fingerprint density at radius 1 is 1.21 bits per heavy atom. The van der Waals surface area contributed by atoms with Crippen molar-refractivity contribution in [1.29, 1.82) is 0 Å². The first-order valence-electron chi connectivity index (χ1n) is 10.0. The van der Waals surface area contributed by atoms with Crippen LogP contribution in [0.2, 0.25) is 0 Å². The number of hydrogen-bond acceptors (Lipinski definition) is 5. The number of amides is 3. The zero-order chi connectivity index (χ0) is 20.5. The van der Waals surface area contributed by atoms with Crippen molar-refractivity contribution < 1.29 is 9.59 Å². The van der Waals surface area contributed by atoms with Crippen molar-refractivity contribution in [2.75, 3.05) is 12.3 Å². The summed E-state index contributed by atoms with van der Waals surface area (Å²) in [5, 5.41) is 12.6. The number of hydrogen-bond donors (Lipinski definition) is 3. The summed E-state index contributed by atoms with van der Waals surface area (Å²) in [6.07, 6.45) is 8.80. The molecule has 0 saturated carbocycles. The van der Waals surface area contributed by atoms with E-state index >= 15 is 0 Å². The molecule has 0 spiro atoms. The number of allylic oxidation sites excluding steroid dienone is 1. The smallest absolute Gasteiger partial charge is 0.321 e. The van der Waals surface area contributed by atoms with E-state index in [9.17, 15) is 9.59 Å². The third kappa shape index (κ3) is 6.74. The number of imide groups is 1. The molecule has 3 amide bonds. The maximum Gasteiger partial charge on any atom is 0.321 e. The van der Waals surface area contributed by atoms with Crippen LogP contribution in [-0.4, -0.2) is 39.4 Å². The van der Waals surface area contributed by atoms with Gasteiger partial charge in [0.25, 0.3) is 0 Å². The summed E-state index contributed by atoms with van der Waals surface area (Å²) < 4.78 is 0. The van der Waals surface area contributed by atoms with Crippen molar-refractivity contribution in [3.8, 4) is 11.4 Å². The van der Waals surface area contributed by atoms with Crippen molar-refractivity contribution in [1.82, 2.24) is 25.8 Å². The van der Waals surface area contributed by atoms with Gasteiger partial charge in [-0.3, -0.25) is 15.2 Å². The van der Waals surface area contributed by atoms with E-state index in [1.165, 1.54) is 35.7 Å². The minimum atomic E-state index is -0.460. The van der Waals surface area contributed by atoms with Gasteiger partial charge in [0.15, 0.2) is 5.82 Å². The van der Waals surface area contributed by atoms with Gasteiger partial charge in [-0.2, -0.15) is 0 Å². The number of rotatable bonds is 8. The lowest BCUT2D eigenvalue weighted by Gasteiger charge is -2.13. The number of aromatic nitrogens is 3. The SMILES string of the molecule is CCc1ccc(-c2nc(SCC(=O)NC(=O)NCCC3=CCCCC3)n[nH]2)cc1. The molecule has 29 heavy (non-hydrogen) atoms. The van der Waals surface area contributed by atoms with Gasteiger partial charge >= 0.3 is 6.03 Å². The number of nitrogens with one attached hydrogen (secondary N) is 3. The Labute approximate surface area is 175 Å². The third-order valence-electron chi connectivity index (χ3n) is 4.80. The quantitative estimate of drug-likeness (QED) is 0.451. The standard InChI is InChI=1S/C21H27N5O2S/c1-2-15-8-10-17(11-9-15)19-24-21(26-25-19)29-14-18(27)23-20(28)22-13-12-16-6-4-3-5-7-16/h6,8-11H,2-5,7,12-14H2,1H3,(H,24,25,26)(H2,22,23,27,28). The second-order valence-corrected chi connectivity index (χ2v) is 7.91. The van der Waals surface area contributed by atoms with Gasteiger partial charge in [0.1, 0.15) is 0 Å². The van der Waals surface area contributed by atoms with Crippen LogP contribution in [0.4, 0.5) is 4.79 Å². The topological polar surface area (TPSA) is 99.8 Å². The molecule has 2 aromatic rings. The van der Waals surface area contributed by atoms with Crippen LogP contribution in [0.25, 0.3) is 11.4 Å². The van der Waals surface area contributed by atoms with E-state index in [4.69, 9.17) is 0 Å². The number of urea groups is 1. The monoisotopic (exact) mass is 413 g/mol. The molecule has 3 rings (SSSR count). The van der Waals surface area contributed by atoms with E-state index in [-0.39, 0.29) is 11.7 Å². The summed E-state index contributed by atoms with van der Waals surface area (Å²) in [5.74, 6) is 0.360. The number of thioether (sulfide) groups is 1. The molecule has 0 fully saturated rings. The molecule has 0 atom stereocenters. The number of carbonyl (C=O) groups is 2. The van der Waals surface area contributed by atoms with Crippen LogP contribution < -0.4 is 10.6 Å². The summed E-state index contributed by atoms with van der Waals surface area (Å²) in [7, 11) is 0. The summed E-state index contributed by atoms with van der Waals surface area (Å²) >= 11 is 1.19. The number of nitrogens with zero attached hydrogens (tertiary/aromatic N) is 2. The van der Waals surface area contributed by atoms with Crippen LogP contribution in [0.15, 0.2) is 41.1 Å². The number of carbonyl (C=O) groups excluding carboxylic acids is 2. The van der Waals surface area contributed by atoms with Crippen molar-refractivity contribution >= 4 is 23.7 Å². The number of aromatic amines is 1. The van der Waals surface area contributed by atoms with Crippen LogP contribution in [0, 0.1) is 0 Å². The molecule has 154 valence electrons.